The number of likely N-dealkylation sites (tertiary alicyclic amines) is 2. The predicted molar refractivity (Wildman–Crippen MR) is 48.8 cm³/mol. The van der Waals surface area contributed by atoms with Gasteiger partial charge in [0.05, 0.1) is 0 Å². The van der Waals surface area contributed by atoms with Crippen LogP contribution in [0.3, 0.4) is 0 Å². The Hall–Kier alpha value is -0.770. The van der Waals surface area contributed by atoms with E-state index in [4.69, 9.17) is 5.11 Å². The van der Waals surface area contributed by atoms with Gasteiger partial charge >= 0.3 is 6.09 Å². The maximum atomic E-state index is 10.7. The number of hydrogen-bond acceptors (Lipinski definition) is 2. The molecule has 0 spiro atoms. The van der Waals surface area contributed by atoms with Crippen molar-refractivity contribution in [1.29, 1.82) is 0 Å². The van der Waals surface area contributed by atoms with Gasteiger partial charge in [0.2, 0.25) is 0 Å². The van der Waals surface area contributed by atoms with E-state index in [-0.39, 0.29) is 0 Å². The lowest BCUT2D eigenvalue weighted by atomic mass is 10.0. The number of hydrogen-bond donors (Lipinski definition) is 1. The van der Waals surface area contributed by atoms with Crippen molar-refractivity contribution in [1.82, 2.24) is 9.80 Å². The highest BCUT2D eigenvalue weighted by molar-refractivity contribution is 5.65. The lowest BCUT2D eigenvalue weighted by Gasteiger charge is -2.42. The highest BCUT2D eigenvalue weighted by atomic mass is 16.4. The number of amides is 1. The van der Waals surface area contributed by atoms with Crippen LogP contribution in [0.25, 0.3) is 0 Å². The van der Waals surface area contributed by atoms with Crippen LogP contribution in [0.4, 0.5) is 4.79 Å². The topological polar surface area (TPSA) is 43.8 Å². The fraction of sp³-hybridized carbons (Fsp3) is 0.889. The summed E-state index contributed by atoms with van der Waals surface area (Å²) in [5.41, 5.74) is 0. The average molecular weight is 184 g/mol. The van der Waals surface area contributed by atoms with Gasteiger partial charge in [-0.15, -0.1) is 0 Å². The second-order valence-corrected chi connectivity index (χ2v) is 3.91. The first kappa shape index (κ1) is 8.81. The van der Waals surface area contributed by atoms with Gasteiger partial charge in [-0.3, -0.25) is 4.90 Å². The van der Waals surface area contributed by atoms with Crippen molar-refractivity contribution in [3.63, 3.8) is 0 Å². The third kappa shape index (κ3) is 1.77. The summed E-state index contributed by atoms with van der Waals surface area (Å²) in [6, 6.07) is 0.499. The van der Waals surface area contributed by atoms with Crippen LogP contribution < -0.4 is 0 Å². The van der Waals surface area contributed by atoms with E-state index in [2.05, 4.69) is 4.90 Å². The molecular weight excluding hydrogens is 168 g/mol. The normalized spacial score (nSPS) is 29.8. The second-order valence-electron chi connectivity index (χ2n) is 3.91. The Kier molecular flexibility index (Phi) is 2.40. The molecule has 0 aromatic carbocycles. The minimum atomic E-state index is -0.759. The summed E-state index contributed by atoms with van der Waals surface area (Å²) in [6.07, 6.45) is 2.71. The summed E-state index contributed by atoms with van der Waals surface area (Å²) in [5, 5.41) is 8.84. The minimum Gasteiger partial charge on any atom is -0.465 e. The monoisotopic (exact) mass is 184 g/mol. The quantitative estimate of drug-likeness (QED) is 0.656. The van der Waals surface area contributed by atoms with Crippen LogP contribution >= 0.6 is 0 Å². The first-order valence-corrected chi connectivity index (χ1v) is 4.99. The molecule has 13 heavy (non-hydrogen) atoms. The zero-order valence-electron chi connectivity index (χ0n) is 7.78. The molecule has 0 aliphatic carbocycles. The highest BCUT2D eigenvalue weighted by Gasteiger charge is 2.30. The Labute approximate surface area is 78.1 Å². The van der Waals surface area contributed by atoms with E-state index in [1.54, 1.807) is 4.90 Å². The lowest BCUT2D eigenvalue weighted by Crippen LogP contribution is -2.53. The minimum absolute atomic E-state index is 0.499. The number of rotatable bonds is 1. The van der Waals surface area contributed by atoms with E-state index < -0.39 is 6.09 Å². The maximum Gasteiger partial charge on any atom is 0.407 e. The van der Waals surface area contributed by atoms with Gasteiger partial charge in [-0.1, -0.05) is 0 Å². The predicted octanol–water partition coefficient (Wildman–Crippen LogP) is 0.835. The van der Waals surface area contributed by atoms with Crippen molar-refractivity contribution in [2.45, 2.75) is 25.3 Å². The van der Waals surface area contributed by atoms with Crippen molar-refractivity contribution in [3.8, 4) is 0 Å². The summed E-state index contributed by atoms with van der Waals surface area (Å²) in [7, 11) is 0. The van der Waals surface area contributed by atoms with E-state index in [1.807, 2.05) is 0 Å². The average Bonchev–Trinajstić information content (AvgIpc) is 2.01. The smallest absolute Gasteiger partial charge is 0.407 e. The molecule has 1 amide bonds. The summed E-state index contributed by atoms with van der Waals surface area (Å²) >= 11 is 0. The molecule has 1 atom stereocenters. The number of carboxylic acid groups (broad SMARTS) is 1. The number of carbonyl (C=O) groups is 1. The van der Waals surface area contributed by atoms with Gasteiger partial charge in [0.1, 0.15) is 0 Å². The summed E-state index contributed by atoms with van der Waals surface area (Å²) < 4.78 is 0. The van der Waals surface area contributed by atoms with Crippen LogP contribution in [-0.4, -0.2) is 53.2 Å². The molecule has 1 unspecified atom stereocenters. The summed E-state index contributed by atoms with van der Waals surface area (Å²) in [5.74, 6) is 0. The molecule has 4 nitrogen and oxygen atoms in total. The highest BCUT2D eigenvalue weighted by Crippen LogP contribution is 2.20. The van der Waals surface area contributed by atoms with Gasteiger partial charge in [0.25, 0.3) is 0 Å². The molecule has 0 bridgehead atoms. The van der Waals surface area contributed by atoms with Crippen LogP contribution in [0, 0.1) is 0 Å². The SMILES string of the molecule is O=C(O)N1CCCC(N2CCC2)C1. The largest absolute Gasteiger partial charge is 0.465 e. The molecule has 74 valence electrons. The van der Waals surface area contributed by atoms with Gasteiger partial charge in [0, 0.05) is 19.1 Å². The van der Waals surface area contributed by atoms with Crippen LogP contribution in [0.1, 0.15) is 19.3 Å². The Morgan fingerprint density at radius 2 is 2.00 bits per heavy atom. The molecule has 2 aliphatic rings. The van der Waals surface area contributed by atoms with Gasteiger partial charge in [-0.05, 0) is 32.4 Å². The second kappa shape index (κ2) is 3.54. The van der Waals surface area contributed by atoms with Crippen molar-refractivity contribution >= 4 is 6.09 Å². The van der Waals surface area contributed by atoms with E-state index in [1.165, 1.54) is 12.8 Å². The Morgan fingerprint density at radius 3 is 2.54 bits per heavy atom. The van der Waals surface area contributed by atoms with Gasteiger partial charge in [-0.2, -0.15) is 0 Å². The number of piperidine rings is 1. The molecule has 4 heteroatoms. The summed E-state index contributed by atoms with van der Waals surface area (Å²) in [6.45, 7) is 3.77. The van der Waals surface area contributed by atoms with Gasteiger partial charge < -0.3 is 10.0 Å². The fourth-order valence-corrected chi connectivity index (χ4v) is 2.13. The molecule has 0 aromatic rings. The molecule has 2 saturated heterocycles. The Bertz CT molecular complexity index is 204. The molecule has 2 heterocycles. The first-order valence-electron chi connectivity index (χ1n) is 4.99. The standard InChI is InChI=1S/C9H16N2O2/c12-9(13)11-4-1-3-8(7-11)10-5-2-6-10/h8H,1-7H2,(H,12,13). The van der Waals surface area contributed by atoms with Crippen molar-refractivity contribution in [2.24, 2.45) is 0 Å². The van der Waals surface area contributed by atoms with Crippen LogP contribution in [0.2, 0.25) is 0 Å². The van der Waals surface area contributed by atoms with Crippen molar-refractivity contribution < 1.29 is 9.90 Å². The van der Waals surface area contributed by atoms with E-state index in [9.17, 15) is 4.79 Å². The molecule has 0 radical (unpaired) electrons. The third-order valence-corrected chi connectivity index (χ3v) is 3.07. The first-order chi connectivity index (χ1) is 6.27. The van der Waals surface area contributed by atoms with Gasteiger partial charge in [0.15, 0.2) is 0 Å². The van der Waals surface area contributed by atoms with E-state index in [0.717, 1.165) is 32.6 Å². The van der Waals surface area contributed by atoms with E-state index >= 15 is 0 Å². The fourth-order valence-electron chi connectivity index (χ4n) is 2.13. The van der Waals surface area contributed by atoms with Crippen LogP contribution in [0.15, 0.2) is 0 Å². The lowest BCUT2D eigenvalue weighted by molar-refractivity contribution is 0.0537. The molecule has 1 N–H and O–H groups in total. The Morgan fingerprint density at radius 1 is 1.23 bits per heavy atom. The van der Waals surface area contributed by atoms with Crippen molar-refractivity contribution in [3.05, 3.63) is 0 Å². The molecule has 2 fully saturated rings. The molecular formula is C9H16N2O2. The molecule has 2 rings (SSSR count). The van der Waals surface area contributed by atoms with Crippen LogP contribution in [0.5, 0.6) is 0 Å². The van der Waals surface area contributed by atoms with Gasteiger partial charge in [-0.25, -0.2) is 4.79 Å². The molecule has 0 aromatic heterocycles. The van der Waals surface area contributed by atoms with E-state index in [0.29, 0.717) is 6.04 Å². The zero-order valence-corrected chi connectivity index (χ0v) is 7.78. The third-order valence-electron chi connectivity index (χ3n) is 3.07. The zero-order chi connectivity index (χ0) is 9.26. The summed E-state index contributed by atoms with van der Waals surface area (Å²) in [4.78, 5) is 14.7. The molecule has 2 aliphatic heterocycles. The Balaban J connectivity index is 1.87. The van der Waals surface area contributed by atoms with Crippen molar-refractivity contribution in [2.75, 3.05) is 26.2 Å². The number of nitrogens with zero attached hydrogens (tertiary/aromatic N) is 2. The maximum absolute atomic E-state index is 10.7. The van der Waals surface area contributed by atoms with Crippen LogP contribution in [-0.2, 0) is 0 Å². The molecule has 0 saturated carbocycles.